The van der Waals surface area contributed by atoms with Crippen molar-refractivity contribution in [1.29, 1.82) is 0 Å². The van der Waals surface area contributed by atoms with Crippen molar-refractivity contribution < 1.29 is 39.8 Å². The Labute approximate surface area is 593 Å². The average molecular weight is 1340 g/mol. The number of allylic oxidation sites excluding steroid dienone is 17. The minimum Gasteiger partial charge on any atom is -0.394 e. The van der Waals surface area contributed by atoms with Crippen LogP contribution in [0.25, 0.3) is 0 Å². The first kappa shape index (κ1) is 90.9. The van der Waals surface area contributed by atoms with E-state index < -0.39 is 49.5 Å². The van der Waals surface area contributed by atoms with E-state index in [-0.39, 0.29) is 12.5 Å². The van der Waals surface area contributed by atoms with Gasteiger partial charge in [-0.2, -0.15) is 0 Å². The third kappa shape index (κ3) is 61.9. The Balaban J connectivity index is 2.08. The maximum atomic E-state index is 13.2. The van der Waals surface area contributed by atoms with Crippen LogP contribution in [0.4, 0.5) is 0 Å². The van der Waals surface area contributed by atoms with Crippen molar-refractivity contribution >= 4 is 5.91 Å². The highest BCUT2D eigenvalue weighted by Crippen LogP contribution is 2.24. The molecule has 9 nitrogen and oxygen atoms in total. The molecule has 1 rings (SSSR count). The monoisotopic (exact) mass is 1340 g/mol. The Morgan fingerprint density at radius 1 is 0.365 bits per heavy atom. The normalized spacial score (nSPS) is 18.0. The van der Waals surface area contributed by atoms with E-state index in [2.05, 4.69) is 116 Å². The molecule has 0 bridgehead atoms. The number of aliphatic hydroxyl groups is 5. The lowest BCUT2D eigenvalue weighted by Gasteiger charge is -2.40. The molecule has 6 N–H and O–H groups in total. The number of unbranched alkanes of at least 4 members (excludes halogenated alkanes) is 46. The number of ether oxygens (including phenoxy) is 2. The fraction of sp³-hybridized carbons (Fsp3) is 0.782. The highest BCUT2D eigenvalue weighted by atomic mass is 16.7. The summed E-state index contributed by atoms with van der Waals surface area (Å²) in [4.78, 5) is 13.2. The molecule has 1 amide bonds. The smallest absolute Gasteiger partial charge is 0.220 e. The fourth-order valence-electron chi connectivity index (χ4n) is 12.7. The summed E-state index contributed by atoms with van der Waals surface area (Å²) in [6.45, 7) is 3.69. The minimum absolute atomic E-state index is 0.186. The number of hydrogen-bond acceptors (Lipinski definition) is 8. The van der Waals surface area contributed by atoms with Crippen LogP contribution < -0.4 is 5.32 Å². The van der Waals surface area contributed by atoms with Gasteiger partial charge in [0.1, 0.15) is 24.4 Å². The number of nitrogens with one attached hydrogen (secondary N) is 1. The second kappa shape index (κ2) is 74.5. The van der Waals surface area contributed by atoms with Gasteiger partial charge in [0.25, 0.3) is 0 Å². The topological polar surface area (TPSA) is 149 Å². The van der Waals surface area contributed by atoms with Crippen molar-refractivity contribution in [3.8, 4) is 0 Å². The van der Waals surface area contributed by atoms with Crippen LogP contribution in [0, 0.1) is 0 Å². The first-order valence-electron chi connectivity index (χ1n) is 41.1. The molecule has 0 saturated carbocycles. The first-order valence-corrected chi connectivity index (χ1v) is 41.1. The Morgan fingerprint density at radius 3 is 1.00 bits per heavy atom. The van der Waals surface area contributed by atoms with Gasteiger partial charge >= 0.3 is 0 Å². The molecule has 0 aromatic carbocycles. The lowest BCUT2D eigenvalue weighted by atomic mass is 9.99. The third-order valence-corrected chi connectivity index (χ3v) is 19.1. The summed E-state index contributed by atoms with van der Waals surface area (Å²) < 4.78 is 11.3. The van der Waals surface area contributed by atoms with Crippen LogP contribution in [0.15, 0.2) is 109 Å². The molecule has 7 unspecified atom stereocenters. The molecule has 0 spiro atoms. The number of aliphatic hydroxyl groups excluding tert-OH is 5. The van der Waals surface area contributed by atoms with Crippen LogP contribution in [0.1, 0.15) is 380 Å². The number of rotatable bonds is 72. The van der Waals surface area contributed by atoms with Gasteiger partial charge in [-0.25, -0.2) is 0 Å². The van der Waals surface area contributed by atoms with Crippen molar-refractivity contribution in [3.63, 3.8) is 0 Å². The van der Waals surface area contributed by atoms with Crippen molar-refractivity contribution in [2.45, 2.75) is 423 Å². The number of carbonyl (C=O) groups is 1. The Bertz CT molecular complexity index is 1900. The van der Waals surface area contributed by atoms with Gasteiger partial charge < -0.3 is 40.3 Å². The van der Waals surface area contributed by atoms with Crippen LogP contribution in [0.3, 0.4) is 0 Å². The van der Waals surface area contributed by atoms with Gasteiger partial charge in [-0.15, -0.1) is 0 Å². The quantitative estimate of drug-likeness (QED) is 0.0261. The zero-order valence-electron chi connectivity index (χ0n) is 62.6. The molecule has 0 radical (unpaired) electrons. The predicted octanol–water partition coefficient (Wildman–Crippen LogP) is 23.9. The molecule has 9 heteroatoms. The van der Waals surface area contributed by atoms with E-state index in [4.69, 9.17) is 9.47 Å². The second-order valence-corrected chi connectivity index (χ2v) is 28.2. The van der Waals surface area contributed by atoms with E-state index in [0.717, 1.165) is 83.5 Å². The van der Waals surface area contributed by atoms with Crippen LogP contribution in [0.5, 0.6) is 0 Å². The Kier molecular flexibility index (Phi) is 70.5. The van der Waals surface area contributed by atoms with Gasteiger partial charge in [-0.1, -0.05) is 386 Å². The molecule has 96 heavy (non-hydrogen) atoms. The van der Waals surface area contributed by atoms with Gasteiger partial charge in [-0.3, -0.25) is 4.79 Å². The number of amides is 1. The van der Waals surface area contributed by atoms with Crippen molar-refractivity contribution in [3.05, 3.63) is 109 Å². The predicted molar refractivity (Wildman–Crippen MR) is 414 cm³/mol. The largest absolute Gasteiger partial charge is 0.394 e. The second-order valence-electron chi connectivity index (χ2n) is 28.2. The molecule has 7 atom stereocenters. The molecule has 0 aromatic rings. The summed E-state index contributed by atoms with van der Waals surface area (Å²) in [5.74, 6) is -0.186. The summed E-state index contributed by atoms with van der Waals surface area (Å²) in [6, 6.07) is -0.834. The summed E-state index contributed by atoms with van der Waals surface area (Å²) in [5, 5.41) is 54.9. The molecule has 1 aliphatic rings. The minimum atomic E-state index is -1.58. The van der Waals surface area contributed by atoms with Gasteiger partial charge in [-0.05, 0) is 96.3 Å². The van der Waals surface area contributed by atoms with E-state index in [1.54, 1.807) is 6.08 Å². The molecule has 0 aliphatic carbocycles. The maximum absolute atomic E-state index is 13.2. The Hall–Kier alpha value is -3.15. The van der Waals surface area contributed by atoms with E-state index in [1.165, 1.54) is 276 Å². The molecule has 1 saturated heterocycles. The lowest BCUT2D eigenvalue weighted by Crippen LogP contribution is -2.60. The molecule has 556 valence electrons. The van der Waals surface area contributed by atoms with Crippen LogP contribution in [0.2, 0.25) is 0 Å². The lowest BCUT2D eigenvalue weighted by molar-refractivity contribution is -0.302. The van der Waals surface area contributed by atoms with E-state index in [0.29, 0.717) is 6.42 Å². The molecular weight excluding hydrogens is 1190 g/mol. The van der Waals surface area contributed by atoms with Crippen LogP contribution >= 0.6 is 0 Å². The third-order valence-electron chi connectivity index (χ3n) is 19.1. The summed E-state index contributed by atoms with van der Waals surface area (Å²) in [6.07, 6.45) is 104. The van der Waals surface area contributed by atoms with Crippen molar-refractivity contribution in [2.24, 2.45) is 0 Å². The van der Waals surface area contributed by atoms with Gasteiger partial charge in [0.05, 0.1) is 25.4 Å². The van der Waals surface area contributed by atoms with Crippen molar-refractivity contribution in [2.75, 3.05) is 13.2 Å². The standard InChI is InChI=1S/C87H155NO8/c1-3-5-7-9-11-13-15-17-19-21-23-25-27-29-31-33-35-37-38-39-40-41-42-43-44-45-47-49-51-53-55-57-59-61-63-65-67-69-71-73-75-77-83(91)88-80(79-95-87-86(94)85(93)84(92)82(78-89)96-87)81(90)76-74-72-70-68-66-64-62-60-58-56-54-52-50-48-46-36-34-32-30-28-26-24-22-20-18-16-14-12-10-8-6-4-2/h5,7,11,13,17,19,23,25,29,31,35,37,58,60,66,68,74,76,80-82,84-87,89-90,92-94H,3-4,6,8-10,12,14-16,18,20-22,24,26-28,30,32-34,36,38-57,59,61-65,67,69-73,75,77-79H2,1-2H3,(H,88,91)/b7-5-,13-11-,19-17-,25-23-,31-29-,37-35-,60-58+,68-66+,76-74+. The molecule has 1 aliphatic heterocycles. The highest BCUT2D eigenvalue weighted by Gasteiger charge is 2.44. The van der Waals surface area contributed by atoms with Crippen LogP contribution in [-0.2, 0) is 14.3 Å². The Morgan fingerprint density at radius 2 is 0.656 bits per heavy atom. The van der Waals surface area contributed by atoms with Crippen molar-refractivity contribution in [1.82, 2.24) is 5.32 Å². The highest BCUT2D eigenvalue weighted by molar-refractivity contribution is 5.76. The van der Waals surface area contributed by atoms with E-state index in [9.17, 15) is 30.3 Å². The summed E-state index contributed by atoms with van der Waals surface area (Å²) in [7, 11) is 0. The zero-order valence-corrected chi connectivity index (χ0v) is 62.6. The van der Waals surface area contributed by atoms with E-state index >= 15 is 0 Å². The number of hydrogen-bond donors (Lipinski definition) is 6. The summed E-state index contributed by atoms with van der Waals surface area (Å²) >= 11 is 0. The maximum Gasteiger partial charge on any atom is 0.220 e. The fourth-order valence-corrected chi connectivity index (χ4v) is 12.7. The van der Waals surface area contributed by atoms with Gasteiger partial charge in [0, 0.05) is 6.42 Å². The molecule has 1 fully saturated rings. The molecule has 1 heterocycles. The zero-order chi connectivity index (χ0) is 69.2. The number of carbonyl (C=O) groups excluding carboxylic acids is 1. The molecule has 0 aromatic heterocycles. The summed E-state index contributed by atoms with van der Waals surface area (Å²) in [5.41, 5.74) is 0. The van der Waals surface area contributed by atoms with Gasteiger partial charge in [0.15, 0.2) is 6.29 Å². The molecular formula is C87H155NO8. The first-order chi connectivity index (χ1) is 47.3. The average Bonchev–Trinajstić information content (AvgIpc) is 0.840. The SMILES string of the molecule is CC/C=C\C/C=C\C/C=C\C/C=C\C/C=C\C/C=C\CCCCCCCCCCCCCCCCCCCCCCCCC(=O)NC(COC1OC(CO)C(O)C(O)C1O)C(O)/C=C/CC/C=C/CC/C=C/CCCCCCCCCCCCCCCCCCCCCCCC. The van der Waals surface area contributed by atoms with Gasteiger partial charge in [0.2, 0.25) is 5.91 Å². The van der Waals surface area contributed by atoms with E-state index in [1.807, 2.05) is 6.08 Å². The van der Waals surface area contributed by atoms with Crippen LogP contribution in [-0.4, -0.2) is 87.5 Å².